The highest BCUT2D eigenvalue weighted by Gasteiger charge is 2.28. The van der Waals surface area contributed by atoms with Gasteiger partial charge in [-0.2, -0.15) is 0 Å². The van der Waals surface area contributed by atoms with E-state index in [9.17, 15) is 4.79 Å². The standard InChI is InChI=1S/C14H18BrNO2/c15-9-13-8-14(17)16(10-13)6-7-18-11-12-4-2-1-3-5-12/h1-5,13H,6-11H2. The third kappa shape index (κ3) is 3.82. The van der Waals surface area contributed by atoms with Gasteiger partial charge in [0.25, 0.3) is 0 Å². The summed E-state index contributed by atoms with van der Waals surface area (Å²) in [6.45, 7) is 2.79. The summed E-state index contributed by atoms with van der Waals surface area (Å²) in [5.74, 6) is 0.717. The van der Waals surface area contributed by atoms with E-state index in [1.807, 2.05) is 35.2 Å². The lowest BCUT2D eigenvalue weighted by atomic mass is 10.2. The van der Waals surface area contributed by atoms with Gasteiger partial charge < -0.3 is 9.64 Å². The summed E-state index contributed by atoms with van der Waals surface area (Å²) in [4.78, 5) is 13.6. The number of amides is 1. The lowest BCUT2D eigenvalue weighted by molar-refractivity contribution is -0.128. The Hall–Kier alpha value is -0.870. The summed E-state index contributed by atoms with van der Waals surface area (Å²) in [6.07, 6.45) is 0.671. The van der Waals surface area contributed by atoms with Crippen LogP contribution < -0.4 is 0 Å². The van der Waals surface area contributed by atoms with E-state index in [4.69, 9.17) is 4.74 Å². The van der Waals surface area contributed by atoms with Gasteiger partial charge in [-0.3, -0.25) is 4.79 Å². The zero-order chi connectivity index (χ0) is 12.8. The van der Waals surface area contributed by atoms with Crippen molar-refractivity contribution in [2.24, 2.45) is 5.92 Å². The van der Waals surface area contributed by atoms with E-state index in [1.165, 1.54) is 5.56 Å². The van der Waals surface area contributed by atoms with Crippen LogP contribution in [-0.2, 0) is 16.1 Å². The van der Waals surface area contributed by atoms with Gasteiger partial charge in [0.15, 0.2) is 0 Å². The minimum Gasteiger partial charge on any atom is -0.375 e. The van der Waals surface area contributed by atoms with Crippen LogP contribution in [0.1, 0.15) is 12.0 Å². The first-order valence-electron chi connectivity index (χ1n) is 6.25. The van der Waals surface area contributed by atoms with Crippen LogP contribution >= 0.6 is 15.9 Å². The lowest BCUT2D eigenvalue weighted by Gasteiger charge is -2.16. The minimum absolute atomic E-state index is 0.253. The molecule has 3 nitrogen and oxygen atoms in total. The van der Waals surface area contributed by atoms with Gasteiger partial charge in [0, 0.05) is 24.8 Å². The van der Waals surface area contributed by atoms with E-state index >= 15 is 0 Å². The lowest BCUT2D eigenvalue weighted by Crippen LogP contribution is -2.29. The largest absolute Gasteiger partial charge is 0.375 e. The van der Waals surface area contributed by atoms with Crippen LogP contribution in [0.4, 0.5) is 0 Å². The third-order valence-corrected chi connectivity index (χ3v) is 4.05. The second-order valence-corrected chi connectivity index (χ2v) is 5.25. The molecule has 1 saturated heterocycles. The molecule has 1 unspecified atom stereocenters. The molecule has 1 aromatic carbocycles. The summed E-state index contributed by atoms with van der Waals surface area (Å²) >= 11 is 3.43. The van der Waals surface area contributed by atoms with Gasteiger partial charge in [0.1, 0.15) is 0 Å². The molecule has 1 fully saturated rings. The Balaban J connectivity index is 1.65. The van der Waals surface area contributed by atoms with Gasteiger partial charge >= 0.3 is 0 Å². The number of carbonyl (C=O) groups excluding carboxylic acids is 1. The number of carbonyl (C=O) groups is 1. The zero-order valence-electron chi connectivity index (χ0n) is 10.3. The van der Waals surface area contributed by atoms with E-state index in [0.29, 0.717) is 32.1 Å². The molecule has 2 rings (SSSR count). The molecule has 0 radical (unpaired) electrons. The van der Waals surface area contributed by atoms with Gasteiger partial charge in [-0.05, 0) is 11.5 Å². The van der Waals surface area contributed by atoms with E-state index in [2.05, 4.69) is 15.9 Å². The second-order valence-electron chi connectivity index (χ2n) is 4.60. The Bertz CT molecular complexity index is 383. The molecule has 98 valence electrons. The maximum absolute atomic E-state index is 11.7. The SMILES string of the molecule is O=C1CC(CBr)CN1CCOCc1ccccc1. The fourth-order valence-corrected chi connectivity index (χ4v) is 2.55. The fraction of sp³-hybridized carbons (Fsp3) is 0.500. The van der Waals surface area contributed by atoms with Gasteiger partial charge in [0.05, 0.1) is 13.2 Å². The minimum atomic E-state index is 0.253. The summed E-state index contributed by atoms with van der Waals surface area (Å²) < 4.78 is 5.59. The first-order valence-corrected chi connectivity index (χ1v) is 7.37. The first kappa shape index (κ1) is 13.6. The van der Waals surface area contributed by atoms with Crippen molar-refractivity contribution < 1.29 is 9.53 Å². The monoisotopic (exact) mass is 311 g/mol. The second kappa shape index (κ2) is 6.90. The van der Waals surface area contributed by atoms with Crippen LogP contribution in [0, 0.1) is 5.92 Å². The number of hydrogen-bond acceptors (Lipinski definition) is 2. The molecule has 0 bridgehead atoms. The van der Waals surface area contributed by atoms with Crippen molar-refractivity contribution in [1.29, 1.82) is 0 Å². The van der Waals surface area contributed by atoms with E-state index < -0.39 is 0 Å². The number of rotatable bonds is 6. The molecule has 4 heteroatoms. The fourth-order valence-electron chi connectivity index (χ4n) is 2.11. The predicted molar refractivity (Wildman–Crippen MR) is 74.6 cm³/mol. The summed E-state index contributed by atoms with van der Waals surface area (Å²) in [7, 11) is 0. The van der Waals surface area contributed by atoms with Crippen molar-refractivity contribution in [3.63, 3.8) is 0 Å². The van der Waals surface area contributed by atoms with Crippen molar-refractivity contribution in [1.82, 2.24) is 4.90 Å². The Labute approximate surface area is 116 Å². The van der Waals surface area contributed by atoms with Crippen molar-refractivity contribution in [3.8, 4) is 0 Å². The molecular formula is C14H18BrNO2. The molecule has 1 aromatic rings. The van der Waals surface area contributed by atoms with Crippen LogP contribution in [0.3, 0.4) is 0 Å². The number of benzene rings is 1. The number of alkyl halides is 1. The molecule has 1 heterocycles. The number of halogens is 1. The van der Waals surface area contributed by atoms with Crippen LogP contribution in [0.5, 0.6) is 0 Å². The highest BCUT2D eigenvalue weighted by Crippen LogP contribution is 2.19. The molecule has 1 amide bonds. The van der Waals surface area contributed by atoms with Crippen molar-refractivity contribution in [3.05, 3.63) is 35.9 Å². The Morgan fingerprint density at radius 1 is 1.33 bits per heavy atom. The van der Waals surface area contributed by atoms with E-state index in [0.717, 1.165) is 11.9 Å². The average Bonchev–Trinajstić information content (AvgIpc) is 2.77. The maximum atomic E-state index is 11.7. The Morgan fingerprint density at radius 3 is 2.78 bits per heavy atom. The molecule has 0 saturated carbocycles. The van der Waals surface area contributed by atoms with Crippen LogP contribution in [0.15, 0.2) is 30.3 Å². The normalized spacial score (nSPS) is 19.5. The quantitative estimate of drug-likeness (QED) is 0.596. The molecule has 1 atom stereocenters. The van der Waals surface area contributed by atoms with E-state index in [1.54, 1.807) is 0 Å². The topological polar surface area (TPSA) is 29.5 Å². The molecule has 0 N–H and O–H groups in total. The molecule has 0 aliphatic carbocycles. The van der Waals surface area contributed by atoms with Crippen LogP contribution in [-0.4, -0.2) is 35.8 Å². The van der Waals surface area contributed by atoms with Gasteiger partial charge in [-0.15, -0.1) is 0 Å². The van der Waals surface area contributed by atoms with Gasteiger partial charge in [0.2, 0.25) is 5.91 Å². The summed E-state index contributed by atoms with van der Waals surface area (Å²) in [5.41, 5.74) is 1.17. The molecule has 0 spiro atoms. The van der Waals surface area contributed by atoms with Crippen molar-refractivity contribution in [2.45, 2.75) is 13.0 Å². The summed E-state index contributed by atoms with van der Waals surface area (Å²) in [6, 6.07) is 10.1. The smallest absolute Gasteiger partial charge is 0.223 e. The Kier molecular flexibility index (Phi) is 5.20. The maximum Gasteiger partial charge on any atom is 0.223 e. The average molecular weight is 312 g/mol. The number of hydrogen-bond donors (Lipinski definition) is 0. The summed E-state index contributed by atoms with van der Waals surface area (Å²) in [5, 5.41) is 0.903. The molecule has 0 aromatic heterocycles. The third-order valence-electron chi connectivity index (χ3n) is 3.13. The highest BCUT2D eigenvalue weighted by atomic mass is 79.9. The number of ether oxygens (including phenoxy) is 1. The van der Waals surface area contributed by atoms with Crippen molar-refractivity contribution in [2.75, 3.05) is 25.0 Å². The molecular weight excluding hydrogens is 294 g/mol. The molecule has 18 heavy (non-hydrogen) atoms. The van der Waals surface area contributed by atoms with E-state index in [-0.39, 0.29) is 5.91 Å². The first-order chi connectivity index (χ1) is 8.79. The highest BCUT2D eigenvalue weighted by molar-refractivity contribution is 9.09. The molecule has 1 aliphatic rings. The van der Waals surface area contributed by atoms with Crippen molar-refractivity contribution >= 4 is 21.8 Å². The van der Waals surface area contributed by atoms with Crippen LogP contribution in [0.2, 0.25) is 0 Å². The zero-order valence-corrected chi connectivity index (χ0v) is 11.9. The Morgan fingerprint density at radius 2 is 2.11 bits per heavy atom. The van der Waals surface area contributed by atoms with Gasteiger partial charge in [-0.25, -0.2) is 0 Å². The van der Waals surface area contributed by atoms with Crippen LogP contribution in [0.25, 0.3) is 0 Å². The predicted octanol–water partition coefficient (Wildman–Crippen LogP) is 2.45. The molecule has 1 aliphatic heterocycles. The van der Waals surface area contributed by atoms with Gasteiger partial charge in [-0.1, -0.05) is 46.3 Å². The number of nitrogens with zero attached hydrogens (tertiary/aromatic N) is 1. The number of likely N-dealkylation sites (tertiary alicyclic amines) is 1.